The highest BCUT2D eigenvalue weighted by atomic mass is 16.5. The fourth-order valence-electron chi connectivity index (χ4n) is 5.78. The van der Waals surface area contributed by atoms with Crippen LogP contribution in [-0.2, 0) is 32.3 Å². The second-order valence-electron chi connectivity index (χ2n) is 13.3. The molecule has 0 heterocycles. The van der Waals surface area contributed by atoms with E-state index in [0.29, 0.717) is 17.5 Å². The van der Waals surface area contributed by atoms with Crippen LogP contribution in [0, 0.1) is 11.8 Å². The van der Waals surface area contributed by atoms with Gasteiger partial charge in [0.2, 0.25) is 11.8 Å². The van der Waals surface area contributed by atoms with Gasteiger partial charge < -0.3 is 30.9 Å². The summed E-state index contributed by atoms with van der Waals surface area (Å²) in [6.07, 6.45) is -2.18. The van der Waals surface area contributed by atoms with Crippen LogP contribution in [0.25, 0.3) is 10.8 Å². The number of carboxylic acid groups (broad SMARTS) is 1. The number of ether oxygens (including phenoxy) is 1. The van der Waals surface area contributed by atoms with Gasteiger partial charge in [-0.05, 0) is 57.9 Å². The Hall–Kier alpha value is -5.06. The van der Waals surface area contributed by atoms with Crippen molar-refractivity contribution >= 4 is 34.5 Å². The van der Waals surface area contributed by atoms with Crippen molar-refractivity contribution in [1.29, 1.82) is 0 Å². The summed E-state index contributed by atoms with van der Waals surface area (Å²) in [7, 11) is 0. The maximum Gasteiger partial charge on any atom is 0.335 e. The molecule has 0 saturated carbocycles. The Bertz CT molecular complexity index is 1740. The smallest absolute Gasteiger partial charge is 0.335 e. The summed E-state index contributed by atoms with van der Waals surface area (Å²) in [6.45, 7) is 7.87. The Morgan fingerprint density at radius 2 is 1.40 bits per heavy atom. The van der Waals surface area contributed by atoms with Gasteiger partial charge in [-0.15, -0.1) is 0 Å². The second-order valence-corrected chi connectivity index (χ2v) is 13.3. The zero-order valence-electron chi connectivity index (χ0n) is 29.0. The van der Waals surface area contributed by atoms with Crippen LogP contribution >= 0.6 is 0 Å². The molecule has 0 fully saturated rings. The van der Waals surface area contributed by atoms with Crippen LogP contribution in [0.5, 0.6) is 0 Å². The maximum absolute atomic E-state index is 14.1. The van der Waals surface area contributed by atoms with E-state index in [1.807, 2.05) is 86.6 Å². The lowest BCUT2D eigenvalue weighted by atomic mass is 9.95. The highest BCUT2D eigenvalue weighted by molar-refractivity contribution is 5.92. The maximum atomic E-state index is 14.1. The molecule has 5 N–H and O–H groups in total. The Labute approximate surface area is 293 Å². The summed E-state index contributed by atoms with van der Waals surface area (Å²) in [5.41, 5.74) is 2.44. The normalized spacial score (nSPS) is 13.7. The summed E-state index contributed by atoms with van der Waals surface area (Å²) in [5.74, 6) is -2.60. The molecule has 10 nitrogen and oxygen atoms in total. The molecule has 0 spiro atoms. The monoisotopic (exact) mass is 681 g/mol. The Kier molecular flexibility index (Phi) is 13.7. The van der Waals surface area contributed by atoms with Crippen molar-refractivity contribution in [3.63, 3.8) is 0 Å². The van der Waals surface area contributed by atoms with Crippen molar-refractivity contribution in [2.45, 2.75) is 78.0 Å². The van der Waals surface area contributed by atoms with Crippen LogP contribution in [-0.4, -0.2) is 52.1 Å². The van der Waals surface area contributed by atoms with Crippen LogP contribution in [0.2, 0.25) is 0 Å². The van der Waals surface area contributed by atoms with Crippen molar-refractivity contribution in [3.05, 3.63) is 119 Å². The van der Waals surface area contributed by atoms with Crippen LogP contribution in [0.4, 0.5) is 0 Å². The predicted molar refractivity (Wildman–Crippen MR) is 192 cm³/mol. The molecule has 0 radical (unpaired) electrons. The first-order valence-electron chi connectivity index (χ1n) is 16.9. The third-order valence-electron chi connectivity index (χ3n) is 8.45. The largest absolute Gasteiger partial charge is 0.478 e. The number of carbonyl (C=O) groups is 4. The van der Waals surface area contributed by atoms with Gasteiger partial charge >= 0.3 is 5.97 Å². The van der Waals surface area contributed by atoms with Crippen LogP contribution in [0.3, 0.4) is 0 Å². The van der Waals surface area contributed by atoms with Gasteiger partial charge in [0, 0.05) is 6.54 Å². The summed E-state index contributed by atoms with van der Waals surface area (Å²) in [4.78, 5) is 51.5. The number of nitrogens with one attached hydrogen (secondary N) is 3. The van der Waals surface area contributed by atoms with Crippen molar-refractivity contribution in [3.8, 4) is 0 Å². The van der Waals surface area contributed by atoms with E-state index in [0.717, 1.165) is 16.3 Å². The molecule has 0 aliphatic heterocycles. The average molecular weight is 682 g/mol. The number of benzene rings is 4. The average Bonchev–Trinajstić information content (AvgIpc) is 3.09. The van der Waals surface area contributed by atoms with Crippen LogP contribution in [0.1, 0.15) is 73.7 Å². The van der Waals surface area contributed by atoms with Crippen molar-refractivity contribution in [1.82, 2.24) is 16.0 Å². The highest BCUT2D eigenvalue weighted by Gasteiger charge is 2.31. The molecule has 1 unspecified atom stereocenters. The van der Waals surface area contributed by atoms with Gasteiger partial charge in [0.15, 0.2) is 6.10 Å². The molecular formula is C40H47N3O7. The first-order chi connectivity index (χ1) is 23.9. The number of carbonyl (C=O) groups excluding carboxylic acids is 3. The lowest BCUT2D eigenvalue weighted by Crippen LogP contribution is -2.52. The Morgan fingerprint density at radius 1 is 0.740 bits per heavy atom. The molecule has 0 bridgehead atoms. The van der Waals surface area contributed by atoms with E-state index in [2.05, 4.69) is 16.0 Å². The SMILES string of the molecule is CC(C)C[C@H](NC(=O)C(OCc1ccccc1)c1cccc2ccccc12)[C@H](O)CC(=O)N[C@H](C(=O)NCc1ccc(C(=O)O)cc1)C(C)C. The topological polar surface area (TPSA) is 154 Å². The van der Waals surface area contributed by atoms with E-state index < -0.39 is 48.0 Å². The second kappa shape index (κ2) is 18.1. The summed E-state index contributed by atoms with van der Waals surface area (Å²) >= 11 is 0. The fraction of sp³-hybridized carbons (Fsp3) is 0.350. The van der Waals surface area contributed by atoms with Crippen molar-refractivity contribution < 1.29 is 34.1 Å². The Balaban J connectivity index is 1.45. The fourth-order valence-corrected chi connectivity index (χ4v) is 5.78. The standard InChI is InChI=1S/C40H47N3O7/c1-25(2)21-33(34(44)22-35(45)43-36(26(3)4)38(46)41-23-27-17-19-30(20-18-27)40(48)49)42-39(47)37(50-24-28-11-6-5-7-12-28)32-16-10-14-29-13-8-9-15-31(29)32/h5-20,25-26,33-34,36-37,44H,21-24H2,1-4H3,(H,41,46)(H,42,47)(H,43,45)(H,48,49)/t33-,34+,36-,37?/m0/s1. The van der Waals surface area contributed by atoms with Gasteiger partial charge in [0.1, 0.15) is 6.04 Å². The van der Waals surface area contributed by atoms with Crippen molar-refractivity contribution in [2.75, 3.05) is 0 Å². The lowest BCUT2D eigenvalue weighted by molar-refractivity contribution is -0.137. The van der Waals surface area contributed by atoms with Crippen molar-refractivity contribution in [2.24, 2.45) is 11.8 Å². The molecule has 10 heteroatoms. The number of aromatic carboxylic acids is 1. The van der Waals surface area contributed by atoms with Gasteiger partial charge in [0.25, 0.3) is 5.91 Å². The molecule has 0 aliphatic carbocycles. The van der Waals surface area contributed by atoms with E-state index in [1.54, 1.807) is 26.0 Å². The van der Waals surface area contributed by atoms with Gasteiger partial charge in [-0.1, -0.05) is 113 Å². The third-order valence-corrected chi connectivity index (χ3v) is 8.45. The summed E-state index contributed by atoms with van der Waals surface area (Å²) < 4.78 is 6.28. The zero-order chi connectivity index (χ0) is 36.2. The van der Waals surface area contributed by atoms with E-state index in [-0.39, 0.29) is 37.0 Å². The van der Waals surface area contributed by atoms with Gasteiger partial charge in [-0.3, -0.25) is 14.4 Å². The van der Waals surface area contributed by atoms with Gasteiger partial charge in [-0.25, -0.2) is 4.79 Å². The molecule has 3 amide bonds. The molecular weight excluding hydrogens is 634 g/mol. The quantitative estimate of drug-likeness (QED) is 0.0982. The number of hydrogen-bond acceptors (Lipinski definition) is 6. The number of hydrogen-bond donors (Lipinski definition) is 5. The van der Waals surface area contributed by atoms with E-state index in [4.69, 9.17) is 9.84 Å². The summed E-state index contributed by atoms with van der Waals surface area (Å²) in [5, 5.41) is 30.8. The number of amides is 3. The highest BCUT2D eigenvalue weighted by Crippen LogP contribution is 2.28. The number of carboxylic acids is 1. The molecule has 4 atom stereocenters. The first-order valence-corrected chi connectivity index (χ1v) is 16.9. The van der Waals surface area contributed by atoms with E-state index in [9.17, 15) is 24.3 Å². The molecule has 0 saturated heterocycles. The zero-order valence-corrected chi connectivity index (χ0v) is 29.0. The lowest BCUT2D eigenvalue weighted by Gasteiger charge is -2.29. The molecule has 264 valence electrons. The molecule has 0 aromatic heterocycles. The van der Waals surface area contributed by atoms with E-state index in [1.165, 1.54) is 12.1 Å². The molecule has 50 heavy (non-hydrogen) atoms. The van der Waals surface area contributed by atoms with Gasteiger partial charge in [0.05, 0.1) is 30.7 Å². The minimum Gasteiger partial charge on any atom is -0.478 e. The van der Waals surface area contributed by atoms with E-state index >= 15 is 0 Å². The molecule has 4 rings (SSSR count). The van der Waals surface area contributed by atoms with Crippen LogP contribution < -0.4 is 16.0 Å². The summed E-state index contributed by atoms with van der Waals surface area (Å²) in [6, 6.07) is 27.5. The Morgan fingerprint density at radius 3 is 2.06 bits per heavy atom. The number of aliphatic hydroxyl groups is 1. The minimum atomic E-state index is -1.24. The molecule has 4 aromatic rings. The third kappa shape index (κ3) is 10.7. The predicted octanol–water partition coefficient (Wildman–Crippen LogP) is 5.54. The van der Waals surface area contributed by atoms with Crippen LogP contribution in [0.15, 0.2) is 97.1 Å². The number of rotatable bonds is 17. The minimum absolute atomic E-state index is 0.0815. The number of aliphatic hydroxyl groups excluding tert-OH is 1. The number of fused-ring (bicyclic) bond motifs is 1. The first kappa shape index (κ1) is 37.8. The molecule has 4 aromatic carbocycles. The molecule has 0 aliphatic rings. The van der Waals surface area contributed by atoms with Gasteiger partial charge in [-0.2, -0.15) is 0 Å².